The number of hydrogen-bond acceptors (Lipinski definition) is 7. The van der Waals surface area contributed by atoms with E-state index < -0.39 is 0 Å². The Morgan fingerprint density at radius 1 is 1.35 bits per heavy atom. The first-order valence-corrected chi connectivity index (χ1v) is 9.65. The normalized spacial score (nSPS) is 21.6. The summed E-state index contributed by atoms with van der Waals surface area (Å²) in [5.41, 5.74) is 8.34. The van der Waals surface area contributed by atoms with Crippen LogP contribution >= 0.6 is 11.3 Å². The van der Waals surface area contributed by atoms with Gasteiger partial charge >= 0.3 is 0 Å². The van der Waals surface area contributed by atoms with Gasteiger partial charge in [0.15, 0.2) is 11.5 Å². The molecule has 0 spiro atoms. The van der Waals surface area contributed by atoms with Crippen molar-refractivity contribution in [1.29, 1.82) is 0 Å². The molecule has 2 unspecified atom stereocenters. The van der Waals surface area contributed by atoms with Crippen molar-refractivity contribution in [1.82, 2.24) is 21.2 Å². The number of carbonyl (C=O) groups excluding carboxylic acids is 1. The molecule has 0 bridgehead atoms. The second-order valence-corrected chi connectivity index (χ2v) is 7.47. The molecule has 138 valence electrons. The van der Waals surface area contributed by atoms with E-state index in [4.69, 9.17) is 9.47 Å². The van der Waals surface area contributed by atoms with E-state index in [9.17, 15) is 4.79 Å². The Kier molecular flexibility index (Phi) is 5.05. The number of ether oxygens (including phenoxy) is 2. The summed E-state index contributed by atoms with van der Waals surface area (Å²) >= 11 is 1.63. The summed E-state index contributed by atoms with van der Waals surface area (Å²) < 4.78 is 11.2. The molecule has 0 saturated carbocycles. The Labute approximate surface area is 156 Å². The van der Waals surface area contributed by atoms with E-state index in [2.05, 4.69) is 21.2 Å². The molecule has 2 atom stereocenters. The number of amides is 1. The molecule has 0 radical (unpaired) electrons. The lowest BCUT2D eigenvalue weighted by molar-refractivity contribution is -0.124. The topological polar surface area (TPSA) is 84.5 Å². The third-order valence-corrected chi connectivity index (χ3v) is 5.41. The smallest absolute Gasteiger partial charge is 0.226 e. The Balaban J connectivity index is 1.38. The van der Waals surface area contributed by atoms with Crippen LogP contribution in [0.2, 0.25) is 0 Å². The number of thiazole rings is 1. The maximum Gasteiger partial charge on any atom is 0.226 e. The Hall–Kier alpha value is -2.16. The molecule has 1 aromatic carbocycles. The van der Waals surface area contributed by atoms with Crippen LogP contribution in [0.5, 0.6) is 11.5 Å². The molecule has 8 heteroatoms. The van der Waals surface area contributed by atoms with E-state index in [0.717, 1.165) is 34.2 Å². The number of fused-ring (bicyclic) bond motifs is 1. The SMILES string of the molecule is Cc1nc(CCNC(=O)C2CNNC2c2ccc3c(c2)OCCO3)cs1. The minimum atomic E-state index is -0.185. The highest BCUT2D eigenvalue weighted by Crippen LogP contribution is 2.35. The van der Waals surface area contributed by atoms with Gasteiger partial charge in [-0.25, -0.2) is 10.4 Å². The van der Waals surface area contributed by atoms with Crippen molar-refractivity contribution in [3.8, 4) is 11.5 Å². The molecule has 0 aliphatic carbocycles. The summed E-state index contributed by atoms with van der Waals surface area (Å²) in [7, 11) is 0. The molecule has 7 nitrogen and oxygen atoms in total. The second-order valence-electron chi connectivity index (χ2n) is 6.41. The summed E-state index contributed by atoms with van der Waals surface area (Å²) in [5, 5.41) is 6.12. The molecular weight excluding hydrogens is 352 g/mol. The van der Waals surface area contributed by atoms with Crippen LogP contribution in [-0.4, -0.2) is 37.2 Å². The van der Waals surface area contributed by atoms with Crippen molar-refractivity contribution in [2.75, 3.05) is 26.3 Å². The van der Waals surface area contributed by atoms with Gasteiger partial charge in [0.2, 0.25) is 5.91 Å². The van der Waals surface area contributed by atoms with Crippen LogP contribution < -0.4 is 25.6 Å². The maximum absolute atomic E-state index is 12.6. The second kappa shape index (κ2) is 7.61. The van der Waals surface area contributed by atoms with E-state index in [1.165, 1.54) is 0 Å². The monoisotopic (exact) mass is 374 g/mol. The van der Waals surface area contributed by atoms with Crippen LogP contribution in [0.25, 0.3) is 0 Å². The summed E-state index contributed by atoms with van der Waals surface area (Å²) in [6.07, 6.45) is 0.748. The fourth-order valence-corrected chi connectivity index (χ4v) is 3.93. The molecule has 1 amide bonds. The van der Waals surface area contributed by atoms with E-state index in [0.29, 0.717) is 26.3 Å². The Bertz CT molecular complexity index is 794. The zero-order valence-corrected chi connectivity index (χ0v) is 15.4. The molecule has 1 fully saturated rings. The lowest BCUT2D eigenvalue weighted by Crippen LogP contribution is -2.36. The molecule has 2 aliphatic heterocycles. The van der Waals surface area contributed by atoms with Crippen LogP contribution in [0.3, 0.4) is 0 Å². The van der Waals surface area contributed by atoms with Crippen LogP contribution in [0.1, 0.15) is 22.3 Å². The van der Waals surface area contributed by atoms with E-state index in [1.54, 1.807) is 11.3 Å². The number of nitrogens with one attached hydrogen (secondary N) is 3. The van der Waals surface area contributed by atoms with Gasteiger partial charge in [0.05, 0.1) is 22.7 Å². The number of aryl methyl sites for hydroxylation is 1. The first-order valence-electron chi connectivity index (χ1n) is 8.77. The van der Waals surface area contributed by atoms with Crippen molar-refractivity contribution >= 4 is 17.2 Å². The van der Waals surface area contributed by atoms with Crippen molar-refractivity contribution in [2.45, 2.75) is 19.4 Å². The largest absolute Gasteiger partial charge is 0.486 e. The molecule has 2 aromatic rings. The van der Waals surface area contributed by atoms with Crippen LogP contribution in [0, 0.1) is 12.8 Å². The average molecular weight is 374 g/mol. The molecule has 3 heterocycles. The third-order valence-electron chi connectivity index (χ3n) is 4.59. The lowest BCUT2D eigenvalue weighted by atomic mass is 9.93. The van der Waals surface area contributed by atoms with E-state index in [-0.39, 0.29) is 17.9 Å². The molecule has 1 aromatic heterocycles. The summed E-state index contributed by atoms with van der Waals surface area (Å²) in [6, 6.07) is 5.74. The highest BCUT2D eigenvalue weighted by Gasteiger charge is 2.34. The Morgan fingerprint density at radius 3 is 3.00 bits per heavy atom. The van der Waals surface area contributed by atoms with Gasteiger partial charge in [-0.2, -0.15) is 0 Å². The fraction of sp³-hybridized carbons (Fsp3) is 0.444. The van der Waals surface area contributed by atoms with Gasteiger partial charge < -0.3 is 14.8 Å². The average Bonchev–Trinajstić information content (AvgIpc) is 3.30. The van der Waals surface area contributed by atoms with Crippen molar-refractivity contribution < 1.29 is 14.3 Å². The van der Waals surface area contributed by atoms with Gasteiger partial charge in [-0.1, -0.05) is 6.07 Å². The van der Waals surface area contributed by atoms with Gasteiger partial charge in [0.25, 0.3) is 0 Å². The minimum absolute atomic E-state index is 0.0364. The molecule has 3 N–H and O–H groups in total. The third kappa shape index (κ3) is 3.67. The molecule has 4 rings (SSSR count). The summed E-state index contributed by atoms with van der Waals surface area (Å²) in [4.78, 5) is 17.1. The number of carbonyl (C=O) groups is 1. The highest BCUT2D eigenvalue weighted by atomic mass is 32.1. The van der Waals surface area contributed by atoms with Crippen LogP contribution in [-0.2, 0) is 11.2 Å². The lowest BCUT2D eigenvalue weighted by Gasteiger charge is -2.22. The first kappa shape index (κ1) is 17.3. The number of hydrogen-bond donors (Lipinski definition) is 3. The number of benzene rings is 1. The predicted octanol–water partition coefficient (Wildman–Crippen LogP) is 1.35. The number of rotatable bonds is 5. The molecule has 2 aliphatic rings. The van der Waals surface area contributed by atoms with Crippen molar-refractivity contribution in [3.05, 3.63) is 39.8 Å². The zero-order valence-electron chi connectivity index (χ0n) is 14.6. The zero-order chi connectivity index (χ0) is 17.9. The molecule has 26 heavy (non-hydrogen) atoms. The number of hydrazine groups is 1. The van der Waals surface area contributed by atoms with Gasteiger partial charge in [0, 0.05) is 24.9 Å². The first-order chi connectivity index (χ1) is 12.7. The quantitative estimate of drug-likeness (QED) is 0.733. The number of aromatic nitrogens is 1. The Morgan fingerprint density at radius 2 is 2.19 bits per heavy atom. The van der Waals surface area contributed by atoms with Gasteiger partial charge in [-0.3, -0.25) is 10.2 Å². The highest BCUT2D eigenvalue weighted by molar-refractivity contribution is 7.09. The molecule has 1 saturated heterocycles. The summed E-state index contributed by atoms with van der Waals surface area (Å²) in [6.45, 7) is 4.28. The van der Waals surface area contributed by atoms with Crippen LogP contribution in [0.4, 0.5) is 0 Å². The molecular formula is C18H22N4O3S. The predicted molar refractivity (Wildman–Crippen MR) is 98.4 cm³/mol. The fourth-order valence-electron chi connectivity index (χ4n) is 3.28. The maximum atomic E-state index is 12.6. The minimum Gasteiger partial charge on any atom is -0.486 e. The van der Waals surface area contributed by atoms with Crippen LogP contribution in [0.15, 0.2) is 23.6 Å². The van der Waals surface area contributed by atoms with Crippen molar-refractivity contribution in [3.63, 3.8) is 0 Å². The van der Waals surface area contributed by atoms with Gasteiger partial charge in [0.1, 0.15) is 13.2 Å². The van der Waals surface area contributed by atoms with Gasteiger partial charge in [-0.05, 0) is 24.6 Å². The standard InChI is InChI=1S/C18H22N4O3S/c1-11-21-13(10-26-11)4-5-19-18(23)14-9-20-22-17(14)12-2-3-15-16(8-12)25-7-6-24-15/h2-3,8,10,14,17,20,22H,4-7,9H2,1H3,(H,19,23). The van der Waals surface area contributed by atoms with E-state index >= 15 is 0 Å². The number of nitrogens with zero attached hydrogens (tertiary/aromatic N) is 1. The van der Waals surface area contributed by atoms with Crippen molar-refractivity contribution in [2.24, 2.45) is 5.92 Å². The van der Waals surface area contributed by atoms with E-state index in [1.807, 2.05) is 30.5 Å². The summed E-state index contributed by atoms with van der Waals surface area (Å²) in [5.74, 6) is 1.34. The van der Waals surface area contributed by atoms with Gasteiger partial charge in [-0.15, -0.1) is 11.3 Å².